The van der Waals surface area contributed by atoms with Gasteiger partial charge in [0, 0.05) is 32.0 Å². The van der Waals surface area contributed by atoms with Gasteiger partial charge in [0.1, 0.15) is 6.61 Å². The van der Waals surface area contributed by atoms with Crippen LogP contribution < -0.4 is 16.0 Å². The number of Topliss-reactive ketones (excluding diaryl/α,β-unsaturated/α-hetero) is 1. The number of carbonyl (C=O) groups excluding carboxylic acids is 2. The zero-order chi connectivity index (χ0) is 19.9. The second-order valence-electron chi connectivity index (χ2n) is 5.87. The molecule has 0 fully saturated rings. The van der Waals surface area contributed by atoms with Gasteiger partial charge in [0.2, 0.25) is 5.91 Å². The van der Waals surface area contributed by atoms with Crippen LogP contribution in [0.25, 0.3) is 0 Å². The van der Waals surface area contributed by atoms with Crippen LogP contribution in [0.4, 0.5) is 0 Å². The summed E-state index contributed by atoms with van der Waals surface area (Å²) in [6.45, 7) is 2.55. The zero-order valence-corrected chi connectivity index (χ0v) is 15.2. The van der Waals surface area contributed by atoms with Crippen LogP contribution in [0.1, 0.15) is 32.6 Å². The van der Waals surface area contributed by atoms with Gasteiger partial charge in [-0.1, -0.05) is 0 Å². The Morgan fingerprint density at radius 2 is 1.65 bits per heavy atom. The molecule has 0 aliphatic carbocycles. The Hall–Kier alpha value is -2.04. The van der Waals surface area contributed by atoms with E-state index in [1.54, 1.807) is 7.05 Å². The molecule has 10 heteroatoms. The minimum atomic E-state index is -0.993. The second-order valence-corrected chi connectivity index (χ2v) is 5.87. The van der Waals surface area contributed by atoms with Gasteiger partial charge >= 0.3 is 11.9 Å². The average Bonchev–Trinajstić information content (AvgIpc) is 2.55. The van der Waals surface area contributed by atoms with E-state index in [1.807, 2.05) is 0 Å². The Kier molecular flexibility index (Phi) is 13.1. The first-order valence-electron chi connectivity index (χ1n) is 8.45. The molecular weight excluding hydrogens is 346 g/mol. The van der Waals surface area contributed by atoms with Crippen LogP contribution in [-0.2, 0) is 23.9 Å². The smallest absolute Gasteiger partial charge is 0.303 e. The van der Waals surface area contributed by atoms with Crippen LogP contribution in [0, 0.1) is 0 Å². The molecule has 0 bridgehead atoms. The van der Waals surface area contributed by atoms with Crippen LogP contribution in [0.15, 0.2) is 0 Å². The third kappa shape index (κ3) is 13.3. The summed E-state index contributed by atoms with van der Waals surface area (Å²) in [4.78, 5) is 44.4. The van der Waals surface area contributed by atoms with Crippen LogP contribution in [0.2, 0.25) is 0 Å². The lowest BCUT2D eigenvalue weighted by Gasteiger charge is -2.22. The lowest BCUT2D eigenvalue weighted by Crippen LogP contribution is -2.50. The Balaban J connectivity index is 4.41. The largest absolute Gasteiger partial charge is 0.481 e. The first-order valence-corrected chi connectivity index (χ1v) is 8.45. The molecule has 150 valence electrons. The van der Waals surface area contributed by atoms with Crippen molar-refractivity contribution in [2.75, 3.05) is 33.4 Å². The molecule has 0 aromatic heterocycles. The molecule has 0 aromatic rings. The summed E-state index contributed by atoms with van der Waals surface area (Å²) >= 11 is 0. The SMILES string of the molecule is CN[C@H](CCC(=O)O)C(=O)N[C@H](CCC(=O)O)CNCCOCC(C)=O. The molecule has 0 saturated carbocycles. The van der Waals surface area contributed by atoms with Gasteiger partial charge in [-0.2, -0.15) is 0 Å². The van der Waals surface area contributed by atoms with E-state index < -0.39 is 24.0 Å². The predicted molar refractivity (Wildman–Crippen MR) is 92.9 cm³/mol. The fourth-order valence-electron chi connectivity index (χ4n) is 2.14. The zero-order valence-electron chi connectivity index (χ0n) is 15.2. The molecule has 0 rings (SSSR count). The van der Waals surface area contributed by atoms with Gasteiger partial charge in [0.05, 0.1) is 12.6 Å². The number of aliphatic carboxylic acids is 2. The summed E-state index contributed by atoms with van der Waals surface area (Å²) in [5, 5.41) is 26.1. The van der Waals surface area contributed by atoms with Gasteiger partial charge in [-0.25, -0.2) is 0 Å². The monoisotopic (exact) mass is 375 g/mol. The van der Waals surface area contributed by atoms with Gasteiger partial charge in [-0.3, -0.25) is 19.2 Å². The number of likely N-dealkylation sites (N-methyl/N-ethyl adjacent to an activating group) is 1. The first-order chi connectivity index (χ1) is 12.3. The number of carboxylic acids is 2. The predicted octanol–water partition coefficient (Wildman–Crippen LogP) is -1.02. The number of hydrogen-bond donors (Lipinski definition) is 5. The summed E-state index contributed by atoms with van der Waals surface area (Å²) in [5.41, 5.74) is 0. The molecular formula is C16H29N3O7. The van der Waals surface area contributed by atoms with E-state index in [-0.39, 0.29) is 44.0 Å². The molecule has 5 N–H and O–H groups in total. The summed E-state index contributed by atoms with van der Waals surface area (Å²) in [5.74, 6) is -2.41. The molecule has 1 amide bonds. The number of nitrogens with one attached hydrogen (secondary N) is 3. The Morgan fingerprint density at radius 1 is 1.04 bits per heavy atom. The van der Waals surface area contributed by atoms with Crippen molar-refractivity contribution >= 4 is 23.6 Å². The Bertz CT molecular complexity index is 471. The van der Waals surface area contributed by atoms with E-state index >= 15 is 0 Å². The standard InChI is InChI=1S/C16H29N3O7/c1-11(20)10-26-8-7-18-9-12(3-5-14(21)22)19-16(25)13(17-2)4-6-15(23)24/h12-13,17-18H,3-10H2,1-2H3,(H,19,25)(H,21,22)(H,23,24)/t12-,13-/m1/s1. The highest BCUT2D eigenvalue weighted by Crippen LogP contribution is 2.01. The van der Waals surface area contributed by atoms with Gasteiger partial charge in [0.25, 0.3) is 0 Å². The summed E-state index contributed by atoms with van der Waals surface area (Å²) < 4.78 is 5.11. The second kappa shape index (κ2) is 14.2. The molecule has 2 atom stereocenters. The first kappa shape index (κ1) is 24.0. The van der Waals surface area contributed by atoms with Gasteiger partial charge in [-0.15, -0.1) is 0 Å². The molecule has 10 nitrogen and oxygen atoms in total. The quantitative estimate of drug-likeness (QED) is 0.213. The molecule has 0 spiro atoms. The molecule has 0 aromatic carbocycles. The van der Waals surface area contributed by atoms with E-state index in [0.29, 0.717) is 19.7 Å². The van der Waals surface area contributed by atoms with Crippen molar-refractivity contribution in [3.05, 3.63) is 0 Å². The van der Waals surface area contributed by atoms with Gasteiger partial charge in [0.15, 0.2) is 5.78 Å². The van der Waals surface area contributed by atoms with Crippen LogP contribution >= 0.6 is 0 Å². The molecule has 0 aliphatic rings. The lowest BCUT2D eigenvalue weighted by molar-refractivity contribution is -0.138. The average molecular weight is 375 g/mol. The molecule has 0 unspecified atom stereocenters. The highest BCUT2D eigenvalue weighted by atomic mass is 16.5. The van der Waals surface area contributed by atoms with Crippen molar-refractivity contribution in [2.24, 2.45) is 0 Å². The molecule has 26 heavy (non-hydrogen) atoms. The summed E-state index contributed by atoms with van der Waals surface area (Å²) in [6.07, 6.45) is 0.116. The van der Waals surface area contributed by atoms with Crippen molar-refractivity contribution in [1.82, 2.24) is 16.0 Å². The normalized spacial score (nSPS) is 13.0. The third-order valence-corrected chi connectivity index (χ3v) is 3.48. The highest BCUT2D eigenvalue weighted by molar-refractivity contribution is 5.82. The fourth-order valence-corrected chi connectivity index (χ4v) is 2.14. The van der Waals surface area contributed by atoms with E-state index in [0.717, 1.165) is 0 Å². The number of ether oxygens (including phenoxy) is 1. The highest BCUT2D eigenvalue weighted by Gasteiger charge is 2.21. The van der Waals surface area contributed by atoms with Crippen LogP contribution in [0.3, 0.4) is 0 Å². The number of rotatable bonds is 16. The van der Waals surface area contributed by atoms with Crippen molar-refractivity contribution in [3.8, 4) is 0 Å². The molecule has 0 saturated heterocycles. The van der Waals surface area contributed by atoms with Gasteiger partial charge < -0.3 is 30.9 Å². The number of carbonyl (C=O) groups is 4. The fraction of sp³-hybridized carbons (Fsp3) is 0.750. The van der Waals surface area contributed by atoms with E-state index in [2.05, 4.69) is 16.0 Å². The maximum Gasteiger partial charge on any atom is 0.303 e. The number of hydrogen-bond acceptors (Lipinski definition) is 7. The topological polar surface area (TPSA) is 154 Å². The molecule has 0 aliphatic heterocycles. The minimum absolute atomic E-state index is 0.0360. The number of carboxylic acid groups (broad SMARTS) is 2. The van der Waals surface area contributed by atoms with Crippen LogP contribution in [0.5, 0.6) is 0 Å². The summed E-state index contributed by atoms with van der Waals surface area (Å²) in [7, 11) is 1.56. The Labute approximate surface area is 152 Å². The molecule has 0 heterocycles. The number of amides is 1. The maximum atomic E-state index is 12.2. The van der Waals surface area contributed by atoms with Crippen molar-refractivity contribution in [3.63, 3.8) is 0 Å². The lowest BCUT2D eigenvalue weighted by atomic mass is 10.1. The minimum Gasteiger partial charge on any atom is -0.481 e. The van der Waals surface area contributed by atoms with E-state index in [9.17, 15) is 19.2 Å². The Morgan fingerprint density at radius 3 is 2.19 bits per heavy atom. The number of ketones is 1. The van der Waals surface area contributed by atoms with E-state index in [1.165, 1.54) is 6.92 Å². The van der Waals surface area contributed by atoms with Gasteiger partial charge in [-0.05, 0) is 26.8 Å². The van der Waals surface area contributed by atoms with Crippen molar-refractivity contribution < 1.29 is 34.1 Å². The third-order valence-electron chi connectivity index (χ3n) is 3.48. The van der Waals surface area contributed by atoms with Crippen LogP contribution in [-0.4, -0.2) is 79.3 Å². The van der Waals surface area contributed by atoms with Crippen molar-refractivity contribution in [1.29, 1.82) is 0 Å². The van der Waals surface area contributed by atoms with E-state index in [4.69, 9.17) is 14.9 Å². The molecule has 0 radical (unpaired) electrons. The maximum absolute atomic E-state index is 12.2. The van der Waals surface area contributed by atoms with Crippen molar-refractivity contribution in [2.45, 2.75) is 44.7 Å². The summed E-state index contributed by atoms with van der Waals surface area (Å²) in [6, 6.07) is -1.09.